The van der Waals surface area contributed by atoms with Gasteiger partial charge < -0.3 is 11.1 Å². The lowest BCUT2D eigenvalue weighted by molar-refractivity contribution is 0.756. The average molecular weight is 194 g/mol. The number of nitrogens with zero attached hydrogens (tertiary/aromatic N) is 2. The fraction of sp³-hybridized carbons (Fsp3) is 0.600. The average Bonchev–Trinajstić information content (AvgIpc) is 2.18. The third-order valence-electron chi connectivity index (χ3n) is 1.96. The monoisotopic (exact) mass is 194 g/mol. The first-order valence-electron chi connectivity index (χ1n) is 4.98. The summed E-state index contributed by atoms with van der Waals surface area (Å²) in [6.45, 7) is 7.49. The van der Waals surface area contributed by atoms with E-state index in [4.69, 9.17) is 5.73 Å². The fourth-order valence-corrected chi connectivity index (χ4v) is 1.20. The predicted octanol–water partition coefficient (Wildman–Crippen LogP) is 1.49. The second kappa shape index (κ2) is 4.91. The number of rotatable bonds is 4. The van der Waals surface area contributed by atoms with Crippen molar-refractivity contribution in [2.45, 2.75) is 33.2 Å². The standard InChI is InChI=1S/C10H18N4/c1-4-12-9-6-13-10(7(2)3)14-8(9)5-11/h6-7,12H,4-5,11H2,1-3H3. The molecule has 0 aliphatic carbocycles. The lowest BCUT2D eigenvalue weighted by atomic mass is 10.2. The zero-order chi connectivity index (χ0) is 10.6. The molecule has 0 spiro atoms. The molecule has 0 unspecified atom stereocenters. The van der Waals surface area contributed by atoms with Crippen molar-refractivity contribution in [3.05, 3.63) is 17.7 Å². The molecular weight excluding hydrogens is 176 g/mol. The van der Waals surface area contributed by atoms with Crippen LogP contribution in [0.15, 0.2) is 6.20 Å². The molecule has 1 aromatic heterocycles. The van der Waals surface area contributed by atoms with Crippen molar-refractivity contribution in [3.8, 4) is 0 Å². The van der Waals surface area contributed by atoms with Crippen molar-refractivity contribution in [2.75, 3.05) is 11.9 Å². The highest BCUT2D eigenvalue weighted by atomic mass is 15.0. The molecule has 14 heavy (non-hydrogen) atoms. The molecular formula is C10H18N4. The third kappa shape index (κ3) is 2.42. The Morgan fingerprint density at radius 3 is 2.71 bits per heavy atom. The lowest BCUT2D eigenvalue weighted by Gasteiger charge is -2.10. The molecule has 0 fully saturated rings. The Labute approximate surface area is 85.0 Å². The molecule has 0 saturated carbocycles. The first-order chi connectivity index (χ1) is 6.69. The Morgan fingerprint density at radius 1 is 1.50 bits per heavy atom. The van der Waals surface area contributed by atoms with Gasteiger partial charge in [0.15, 0.2) is 0 Å². The van der Waals surface area contributed by atoms with Crippen LogP contribution in [0, 0.1) is 0 Å². The Kier molecular flexibility index (Phi) is 3.83. The molecule has 0 bridgehead atoms. The van der Waals surface area contributed by atoms with Crippen molar-refractivity contribution in [3.63, 3.8) is 0 Å². The highest BCUT2D eigenvalue weighted by Gasteiger charge is 2.07. The summed E-state index contributed by atoms with van der Waals surface area (Å²) < 4.78 is 0. The molecule has 4 heteroatoms. The molecule has 1 rings (SSSR count). The smallest absolute Gasteiger partial charge is 0.131 e. The number of nitrogens with two attached hydrogens (primary N) is 1. The summed E-state index contributed by atoms with van der Waals surface area (Å²) in [5, 5.41) is 3.19. The van der Waals surface area contributed by atoms with Crippen LogP contribution in [-0.4, -0.2) is 16.5 Å². The minimum absolute atomic E-state index is 0.343. The van der Waals surface area contributed by atoms with Crippen molar-refractivity contribution >= 4 is 5.69 Å². The summed E-state index contributed by atoms with van der Waals surface area (Å²) in [6.07, 6.45) is 1.81. The Bertz CT molecular complexity index is 296. The van der Waals surface area contributed by atoms with E-state index < -0.39 is 0 Å². The van der Waals surface area contributed by atoms with Gasteiger partial charge in [0.1, 0.15) is 5.82 Å². The second-order valence-electron chi connectivity index (χ2n) is 3.48. The Balaban J connectivity index is 2.98. The fourth-order valence-electron chi connectivity index (χ4n) is 1.20. The summed E-state index contributed by atoms with van der Waals surface area (Å²) in [6, 6.07) is 0. The van der Waals surface area contributed by atoms with E-state index in [1.165, 1.54) is 0 Å². The largest absolute Gasteiger partial charge is 0.383 e. The van der Waals surface area contributed by atoms with E-state index in [1.54, 1.807) is 0 Å². The van der Waals surface area contributed by atoms with Gasteiger partial charge in [0.2, 0.25) is 0 Å². The molecule has 0 saturated heterocycles. The topological polar surface area (TPSA) is 63.8 Å². The number of nitrogens with one attached hydrogen (secondary N) is 1. The molecule has 3 N–H and O–H groups in total. The van der Waals surface area contributed by atoms with E-state index in [1.807, 2.05) is 13.1 Å². The molecule has 0 amide bonds. The third-order valence-corrected chi connectivity index (χ3v) is 1.96. The molecule has 1 aromatic rings. The van der Waals surface area contributed by atoms with Gasteiger partial charge in [-0.05, 0) is 6.92 Å². The first kappa shape index (κ1) is 10.9. The Morgan fingerprint density at radius 2 is 2.21 bits per heavy atom. The van der Waals surface area contributed by atoms with Crippen LogP contribution < -0.4 is 11.1 Å². The number of hydrogen-bond acceptors (Lipinski definition) is 4. The van der Waals surface area contributed by atoms with E-state index >= 15 is 0 Å². The molecule has 78 valence electrons. The predicted molar refractivity (Wildman–Crippen MR) is 58.2 cm³/mol. The minimum atomic E-state index is 0.343. The zero-order valence-corrected chi connectivity index (χ0v) is 9.04. The molecule has 0 radical (unpaired) electrons. The summed E-state index contributed by atoms with van der Waals surface area (Å²) in [5.41, 5.74) is 7.46. The maximum Gasteiger partial charge on any atom is 0.131 e. The van der Waals surface area contributed by atoms with Crippen molar-refractivity contribution in [1.29, 1.82) is 0 Å². The summed E-state index contributed by atoms with van der Waals surface area (Å²) in [7, 11) is 0. The van der Waals surface area contributed by atoms with Gasteiger partial charge in [-0.25, -0.2) is 9.97 Å². The maximum absolute atomic E-state index is 5.62. The van der Waals surface area contributed by atoms with Gasteiger partial charge in [-0.15, -0.1) is 0 Å². The van der Waals surface area contributed by atoms with Gasteiger partial charge in [0.25, 0.3) is 0 Å². The number of aromatic nitrogens is 2. The maximum atomic E-state index is 5.62. The Hall–Kier alpha value is -1.16. The van der Waals surface area contributed by atoms with Crippen molar-refractivity contribution < 1.29 is 0 Å². The summed E-state index contributed by atoms with van der Waals surface area (Å²) in [4.78, 5) is 8.69. The van der Waals surface area contributed by atoms with Crippen molar-refractivity contribution in [2.24, 2.45) is 5.73 Å². The number of anilines is 1. The summed E-state index contributed by atoms with van der Waals surface area (Å²) >= 11 is 0. The van der Waals surface area contributed by atoms with Gasteiger partial charge >= 0.3 is 0 Å². The van der Waals surface area contributed by atoms with Crippen LogP contribution >= 0.6 is 0 Å². The molecule has 4 nitrogen and oxygen atoms in total. The lowest BCUT2D eigenvalue weighted by Crippen LogP contribution is -2.10. The first-order valence-corrected chi connectivity index (χ1v) is 4.98. The second-order valence-corrected chi connectivity index (χ2v) is 3.48. The van der Waals surface area contributed by atoms with Crippen LogP contribution in [-0.2, 0) is 6.54 Å². The van der Waals surface area contributed by atoms with Crippen molar-refractivity contribution in [1.82, 2.24) is 9.97 Å². The highest BCUT2D eigenvalue weighted by Crippen LogP contribution is 2.15. The highest BCUT2D eigenvalue weighted by molar-refractivity contribution is 5.45. The van der Waals surface area contributed by atoms with Gasteiger partial charge in [0, 0.05) is 19.0 Å². The van der Waals surface area contributed by atoms with Gasteiger partial charge in [0.05, 0.1) is 17.6 Å². The van der Waals surface area contributed by atoms with E-state index in [2.05, 4.69) is 29.1 Å². The number of hydrogen-bond donors (Lipinski definition) is 2. The van der Waals surface area contributed by atoms with Crippen LogP contribution in [0.4, 0.5) is 5.69 Å². The molecule has 0 aliphatic rings. The molecule has 0 aromatic carbocycles. The van der Waals surface area contributed by atoms with Gasteiger partial charge in [-0.2, -0.15) is 0 Å². The van der Waals surface area contributed by atoms with Crippen LogP contribution in [0.3, 0.4) is 0 Å². The van der Waals surface area contributed by atoms with Crippen LogP contribution in [0.2, 0.25) is 0 Å². The minimum Gasteiger partial charge on any atom is -0.383 e. The van der Waals surface area contributed by atoms with E-state index in [0.717, 1.165) is 23.8 Å². The molecule has 1 heterocycles. The van der Waals surface area contributed by atoms with E-state index in [-0.39, 0.29) is 0 Å². The SMILES string of the molecule is CCNc1cnc(C(C)C)nc1CN. The quantitative estimate of drug-likeness (QED) is 0.762. The van der Waals surface area contributed by atoms with Gasteiger partial charge in [-0.3, -0.25) is 0 Å². The van der Waals surface area contributed by atoms with E-state index in [0.29, 0.717) is 12.5 Å². The summed E-state index contributed by atoms with van der Waals surface area (Å²) in [5.74, 6) is 1.20. The molecule has 0 aliphatic heterocycles. The van der Waals surface area contributed by atoms with Crippen LogP contribution in [0.5, 0.6) is 0 Å². The van der Waals surface area contributed by atoms with Gasteiger partial charge in [-0.1, -0.05) is 13.8 Å². The van der Waals surface area contributed by atoms with E-state index in [9.17, 15) is 0 Å². The zero-order valence-electron chi connectivity index (χ0n) is 9.04. The molecule has 0 atom stereocenters. The normalized spacial score (nSPS) is 10.6. The van der Waals surface area contributed by atoms with Crippen LogP contribution in [0.1, 0.15) is 38.2 Å². The van der Waals surface area contributed by atoms with Crippen LogP contribution in [0.25, 0.3) is 0 Å².